The summed E-state index contributed by atoms with van der Waals surface area (Å²) >= 11 is 0. The van der Waals surface area contributed by atoms with Gasteiger partial charge in [-0.25, -0.2) is 0 Å². The van der Waals surface area contributed by atoms with Crippen LogP contribution in [0.25, 0.3) is 0 Å². The first-order valence-electron chi connectivity index (χ1n) is 6.83. The van der Waals surface area contributed by atoms with E-state index < -0.39 is 0 Å². The van der Waals surface area contributed by atoms with Crippen molar-refractivity contribution in [1.82, 2.24) is 20.8 Å². The third-order valence-electron chi connectivity index (χ3n) is 3.49. The zero-order valence-corrected chi connectivity index (χ0v) is 11.2. The summed E-state index contributed by atoms with van der Waals surface area (Å²) in [7, 11) is 0. The molecule has 1 amide bonds. The lowest BCUT2D eigenvalue weighted by Crippen LogP contribution is -2.35. The average Bonchev–Trinajstić information content (AvgIpc) is 2.82. The molecule has 1 aromatic rings. The SMILES string of the molecule is CCCC(CC)NC(=O)c1n[nH]c2c1CNCC2. The molecule has 5 nitrogen and oxygen atoms in total. The quantitative estimate of drug-likeness (QED) is 0.739. The lowest BCUT2D eigenvalue weighted by atomic mass is 10.1. The molecule has 1 aromatic heterocycles. The summed E-state index contributed by atoms with van der Waals surface area (Å²) in [6, 6.07) is 0.256. The smallest absolute Gasteiger partial charge is 0.272 e. The molecule has 0 aliphatic carbocycles. The Kier molecular flexibility index (Phi) is 4.36. The number of hydrogen-bond acceptors (Lipinski definition) is 3. The molecule has 5 heteroatoms. The number of rotatable bonds is 5. The van der Waals surface area contributed by atoms with Gasteiger partial charge in [0.1, 0.15) is 0 Å². The lowest BCUT2D eigenvalue weighted by molar-refractivity contribution is 0.0927. The van der Waals surface area contributed by atoms with E-state index in [0.717, 1.165) is 50.0 Å². The van der Waals surface area contributed by atoms with Crippen molar-refractivity contribution in [3.63, 3.8) is 0 Å². The van der Waals surface area contributed by atoms with Gasteiger partial charge in [-0.2, -0.15) is 5.10 Å². The van der Waals surface area contributed by atoms with Crippen LogP contribution in [0.2, 0.25) is 0 Å². The van der Waals surface area contributed by atoms with Crippen LogP contribution in [0.5, 0.6) is 0 Å². The van der Waals surface area contributed by atoms with E-state index in [2.05, 4.69) is 34.7 Å². The molecular weight excluding hydrogens is 228 g/mol. The number of carbonyl (C=O) groups is 1. The van der Waals surface area contributed by atoms with Gasteiger partial charge < -0.3 is 10.6 Å². The van der Waals surface area contributed by atoms with E-state index in [1.54, 1.807) is 0 Å². The van der Waals surface area contributed by atoms with Crippen molar-refractivity contribution in [3.05, 3.63) is 17.0 Å². The van der Waals surface area contributed by atoms with E-state index in [9.17, 15) is 4.79 Å². The summed E-state index contributed by atoms with van der Waals surface area (Å²) in [5.41, 5.74) is 2.69. The Hall–Kier alpha value is -1.36. The predicted octanol–water partition coefficient (Wildman–Crippen LogP) is 1.36. The molecule has 1 unspecified atom stereocenters. The fourth-order valence-electron chi connectivity index (χ4n) is 2.39. The number of carbonyl (C=O) groups excluding carboxylic acids is 1. The van der Waals surface area contributed by atoms with Gasteiger partial charge in [-0.1, -0.05) is 20.3 Å². The van der Waals surface area contributed by atoms with Crippen LogP contribution >= 0.6 is 0 Å². The minimum absolute atomic E-state index is 0.0449. The van der Waals surface area contributed by atoms with Crippen molar-refractivity contribution in [3.8, 4) is 0 Å². The van der Waals surface area contributed by atoms with Crippen LogP contribution in [0.4, 0.5) is 0 Å². The van der Waals surface area contributed by atoms with Crippen LogP contribution in [0.1, 0.15) is 54.9 Å². The van der Waals surface area contributed by atoms with E-state index in [1.165, 1.54) is 0 Å². The number of hydrogen-bond donors (Lipinski definition) is 3. The summed E-state index contributed by atoms with van der Waals surface area (Å²) < 4.78 is 0. The second kappa shape index (κ2) is 6.00. The van der Waals surface area contributed by atoms with Crippen LogP contribution in [0.3, 0.4) is 0 Å². The number of H-pyrrole nitrogens is 1. The van der Waals surface area contributed by atoms with Gasteiger partial charge in [0.25, 0.3) is 5.91 Å². The van der Waals surface area contributed by atoms with Gasteiger partial charge in [-0.15, -0.1) is 0 Å². The molecule has 0 fully saturated rings. The van der Waals surface area contributed by atoms with Crippen LogP contribution in [-0.4, -0.2) is 28.7 Å². The molecule has 0 radical (unpaired) electrons. The Labute approximate surface area is 108 Å². The second-order valence-corrected chi connectivity index (χ2v) is 4.82. The summed E-state index contributed by atoms with van der Waals surface area (Å²) in [5.74, 6) is -0.0449. The van der Waals surface area contributed by atoms with E-state index >= 15 is 0 Å². The van der Waals surface area contributed by atoms with Gasteiger partial charge >= 0.3 is 0 Å². The van der Waals surface area contributed by atoms with E-state index in [0.29, 0.717) is 5.69 Å². The highest BCUT2D eigenvalue weighted by Crippen LogP contribution is 2.15. The molecule has 1 aliphatic rings. The number of aromatic amines is 1. The Morgan fingerprint density at radius 1 is 1.50 bits per heavy atom. The first-order valence-corrected chi connectivity index (χ1v) is 6.83. The number of nitrogens with one attached hydrogen (secondary N) is 3. The maximum Gasteiger partial charge on any atom is 0.272 e. The normalized spacial score (nSPS) is 16.1. The Morgan fingerprint density at radius 3 is 3.06 bits per heavy atom. The summed E-state index contributed by atoms with van der Waals surface area (Å²) in [6.45, 7) is 5.92. The van der Waals surface area contributed by atoms with Gasteiger partial charge in [-0.3, -0.25) is 9.89 Å². The van der Waals surface area contributed by atoms with Crippen molar-refractivity contribution in [2.45, 2.75) is 52.1 Å². The number of amides is 1. The summed E-state index contributed by atoms with van der Waals surface area (Å²) in [5, 5.41) is 13.5. The first-order chi connectivity index (χ1) is 8.76. The third kappa shape index (κ3) is 2.72. The maximum atomic E-state index is 12.2. The molecule has 1 aliphatic heterocycles. The molecule has 0 bridgehead atoms. The molecule has 0 spiro atoms. The van der Waals surface area contributed by atoms with Crippen LogP contribution < -0.4 is 10.6 Å². The number of fused-ring (bicyclic) bond motifs is 1. The molecule has 0 aromatic carbocycles. The average molecular weight is 250 g/mol. The Balaban J connectivity index is 2.06. The lowest BCUT2D eigenvalue weighted by Gasteiger charge is -2.17. The van der Waals surface area contributed by atoms with E-state index in [-0.39, 0.29) is 11.9 Å². The molecule has 3 N–H and O–H groups in total. The van der Waals surface area contributed by atoms with Crippen molar-refractivity contribution in [2.24, 2.45) is 0 Å². The van der Waals surface area contributed by atoms with Crippen LogP contribution in [0.15, 0.2) is 0 Å². The zero-order chi connectivity index (χ0) is 13.0. The molecule has 1 atom stereocenters. The molecule has 100 valence electrons. The molecule has 0 saturated heterocycles. The van der Waals surface area contributed by atoms with Gasteiger partial charge in [0.05, 0.1) is 0 Å². The van der Waals surface area contributed by atoms with E-state index in [1.807, 2.05) is 0 Å². The fraction of sp³-hybridized carbons (Fsp3) is 0.692. The minimum Gasteiger partial charge on any atom is -0.348 e. The third-order valence-corrected chi connectivity index (χ3v) is 3.49. The second-order valence-electron chi connectivity index (χ2n) is 4.82. The van der Waals surface area contributed by atoms with Crippen molar-refractivity contribution in [1.29, 1.82) is 0 Å². The van der Waals surface area contributed by atoms with Gasteiger partial charge in [0.15, 0.2) is 5.69 Å². The van der Waals surface area contributed by atoms with Gasteiger partial charge in [-0.05, 0) is 12.8 Å². The summed E-state index contributed by atoms with van der Waals surface area (Å²) in [6.07, 6.45) is 3.98. The van der Waals surface area contributed by atoms with Crippen molar-refractivity contribution >= 4 is 5.91 Å². The monoisotopic (exact) mass is 250 g/mol. The molecule has 2 heterocycles. The first kappa shape index (κ1) is 13.1. The molecular formula is C13H22N4O. The topological polar surface area (TPSA) is 69.8 Å². The Bertz CT molecular complexity index is 413. The predicted molar refractivity (Wildman–Crippen MR) is 70.5 cm³/mol. The molecule has 0 saturated carbocycles. The van der Waals surface area contributed by atoms with Crippen molar-refractivity contribution in [2.75, 3.05) is 6.54 Å². The van der Waals surface area contributed by atoms with E-state index in [4.69, 9.17) is 0 Å². The number of aromatic nitrogens is 2. The highest BCUT2D eigenvalue weighted by molar-refractivity contribution is 5.94. The molecule has 2 rings (SSSR count). The molecule has 18 heavy (non-hydrogen) atoms. The standard InChI is InChI=1S/C13H22N4O/c1-3-5-9(4-2)15-13(18)12-10-8-14-7-6-11(10)16-17-12/h9,14H,3-8H2,1-2H3,(H,15,18)(H,16,17). The van der Waals surface area contributed by atoms with Crippen LogP contribution in [0, 0.1) is 0 Å². The van der Waals surface area contributed by atoms with Crippen LogP contribution in [-0.2, 0) is 13.0 Å². The zero-order valence-electron chi connectivity index (χ0n) is 11.2. The Morgan fingerprint density at radius 2 is 2.33 bits per heavy atom. The van der Waals surface area contributed by atoms with Gasteiger partial charge in [0, 0.05) is 36.8 Å². The minimum atomic E-state index is -0.0449. The van der Waals surface area contributed by atoms with Gasteiger partial charge in [0.2, 0.25) is 0 Å². The maximum absolute atomic E-state index is 12.2. The highest BCUT2D eigenvalue weighted by atomic mass is 16.2. The largest absolute Gasteiger partial charge is 0.348 e. The highest BCUT2D eigenvalue weighted by Gasteiger charge is 2.22. The fourth-order valence-corrected chi connectivity index (χ4v) is 2.39. The number of nitrogens with zero attached hydrogens (tertiary/aromatic N) is 1. The van der Waals surface area contributed by atoms with Crippen molar-refractivity contribution < 1.29 is 4.79 Å². The summed E-state index contributed by atoms with van der Waals surface area (Å²) in [4.78, 5) is 12.2.